The first kappa shape index (κ1) is 25.9. The van der Waals surface area contributed by atoms with Gasteiger partial charge in [-0.2, -0.15) is 0 Å². The molecular formula is C29H28FN5O2S2. The quantitative estimate of drug-likeness (QED) is 0.264. The summed E-state index contributed by atoms with van der Waals surface area (Å²) in [6.45, 7) is 1.55. The number of thiazole rings is 1. The van der Waals surface area contributed by atoms with E-state index >= 15 is 4.39 Å². The number of carbonyl (C=O) groups is 1. The number of aromatic nitrogens is 3. The topological polar surface area (TPSA) is 79.6 Å². The van der Waals surface area contributed by atoms with Gasteiger partial charge in [0, 0.05) is 53.6 Å². The van der Waals surface area contributed by atoms with Crippen LogP contribution < -0.4 is 10.7 Å². The molecule has 0 radical (unpaired) electrons. The van der Waals surface area contributed by atoms with E-state index in [1.54, 1.807) is 24.7 Å². The molecule has 0 aliphatic carbocycles. The Balaban J connectivity index is 1.38. The number of para-hydroxylation sites is 1. The van der Waals surface area contributed by atoms with E-state index in [1.165, 1.54) is 29.2 Å². The molecule has 2 aromatic carbocycles. The maximum absolute atomic E-state index is 15.3. The highest BCUT2D eigenvalue weighted by atomic mass is 32.2. The van der Waals surface area contributed by atoms with E-state index in [0.29, 0.717) is 40.0 Å². The summed E-state index contributed by atoms with van der Waals surface area (Å²) in [5.74, 6) is -0.270. The fourth-order valence-corrected chi connectivity index (χ4v) is 7.47. The maximum atomic E-state index is 15.3. The molecule has 1 saturated heterocycles. The van der Waals surface area contributed by atoms with Gasteiger partial charge < -0.3 is 10.2 Å². The SMILES string of the molecule is CN1CCCC1CCNC(=O)c1c(=O)c2cc(F)c(SCCc3cnccn3)cc2n2c1sc1ccccc12. The summed E-state index contributed by atoms with van der Waals surface area (Å²) in [7, 11) is 2.10. The molecule has 1 aliphatic rings. The summed E-state index contributed by atoms with van der Waals surface area (Å²) in [5.41, 5.74) is 1.95. The zero-order chi connectivity index (χ0) is 26.9. The summed E-state index contributed by atoms with van der Waals surface area (Å²) < 4.78 is 18.2. The van der Waals surface area contributed by atoms with Gasteiger partial charge in [0.2, 0.25) is 5.43 Å². The molecule has 1 atom stereocenters. The minimum Gasteiger partial charge on any atom is -0.352 e. The van der Waals surface area contributed by atoms with Crippen molar-refractivity contribution in [3.8, 4) is 0 Å². The number of rotatable bonds is 8. The molecule has 0 bridgehead atoms. The number of benzene rings is 2. The summed E-state index contributed by atoms with van der Waals surface area (Å²) in [4.78, 5) is 38.9. The highest BCUT2D eigenvalue weighted by Gasteiger charge is 2.24. The van der Waals surface area contributed by atoms with E-state index in [1.807, 2.05) is 28.7 Å². The summed E-state index contributed by atoms with van der Waals surface area (Å²) in [6, 6.07) is 11.3. The standard InChI is InChI=1S/C29H28FN5O2S2/c1-34-13-4-5-19(34)8-10-33-28(37)26-27(36)20-15-21(30)25(38-14-9-18-17-31-11-12-32-18)16-23(20)35-22-6-2-3-7-24(22)39-29(26)35/h2-3,6-7,11-12,15-17,19H,4-5,8-10,13-14H2,1H3,(H,33,37). The minimum atomic E-state index is -0.473. The van der Waals surface area contributed by atoms with Crippen LogP contribution in [0.25, 0.3) is 25.9 Å². The molecule has 39 heavy (non-hydrogen) atoms. The Bertz CT molecular complexity index is 1740. The van der Waals surface area contributed by atoms with Gasteiger partial charge in [0.15, 0.2) is 0 Å². The number of carbonyl (C=O) groups excluding carboxylic acids is 1. The largest absolute Gasteiger partial charge is 0.352 e. The molecule has 7 nitrogen and oxygen atoms in total. The molecule has 10 heteroatoms. The number of pyridine rings is 1. The number of hydrogen-bond donors (Lipinski definition) is 1. The van der Waals surface area contributed by atoms with Crippen molar-refractivity contribution in [1.82, 2.24) is 24.6 Å². The predicted octanol–water partition coefficient (Wildman–Crippen LogP) is 5.15. The van der Waals surface area contributed by atoms with Crippen LogP contribution in [-0.2, 0) is 6.42 Å². The molecule has 1 fully saturated rings. The molecule has 5 aromatic rings. The molecule has 6 rings (SSSR count). The van der Waals surface area contributed by atoms with Crippen LogP contribution in [0.15, 0.2) is 64.7 Å². The third-order valence-electron chi connectivity index (χ3n) is 7.39. The molecule has 1 aliphatic heterocycles. The molecular weight excluding hydrogens is 533 g/mol. The van der Waals surface area contributed by atoms with Crippen LogP contribution in [0.2, 0.25) is 0 Å². The zero-order valence-corrected chi connectivity index (χ0v) is 23.2. The lowest BCUT2D eigenvalue weighted by atomic mass is 10.1. The Hall–Kier alpha value is -3.34. The predicted molar refractivity (Wildman–Crippen MR) is 156 cm³/mol. The Morgan fingerprint density at radius 2 is 2.10 bits per heavy atom. The number of likely N-dealkylation sites (tertiary alicyclic amines) is 1. The molecule has 3 aromatic heterocycles. The molecule has 0 spiro atoms. The first-order valence-electron chi connectivity index (χ1n) is 13.1. The number of fused-ring (bicyclic) bond motifs is 5. The third-order valence-corrected chi connectivity index (χ3v) is 9.56. The number of amides is 1. The number of hydrogen-bond acceptors (Lipinski definition) is 7. The van der Waals surface area contributed by atoms with Crippen molar-refractivity contribution in [1.29, 1.82) is 0 Å². The van der Waals surface area contributed by atoms with Gasteiger partial charge in [0.25, 0.3) is 5.91 Å². The van der Waals surface area contributed by atoms with Crippen LogP contribution in [0.3, 0.4) is 0 Å². The van der Waals surface area contributed by atoms with E-state index in [-0.39, 0.29) is 10.9 Å². The fraction of sp³-hybridized carbons (Fsp3) is 0.310. The second-order valence-corrected chi connectivity index (χ2v) is 12.0. The summed E-state index contributed by atoms with van der Waals surface area (Å²) >= 11 is 2.78. The van der Waals surface area contributed by atoms with Crippen LogP contribution in [0.5, 0.6) is 0 Å². The second kappa shape index (κ2) is 11.0. The van der Waals surface area contributed by atoms with Crippen molar-refractivity contribution < 1.29 is 9.18 Å². The fourth-order valence-electron chi connectivity index (χ4n) is 5.35. The van der Waals surface area contributed by atoms with Gasteiger partial charge in [-0.3, -0.25) is 24.0 Å². The van der Waals surface area contributed by atoms with Crippen molar-refractivity contribution in [2.45, 2.75) is 36.6 Å². The van der Waals surface area contributed by atoms with Crippen molar-refractivity contribution >= 4 is 55.0 Å². The smallest absolute Gasteiger partial charge is 0.258 e. The van der Waals surface area contributed by atoms with E-state index in [9.17, 15) is 9.59 Å². The highest BCUT2D eigenvalue weighted by Crippen LogP contribution is 2.34. The van der Waals surface area contributed by atoms with Crippen molar-refractivity contribution in [3.63, 3.8) is 0 Å². The molecule has 4 heterocycles. The monoisotopic (exact) mass is 561 g/mol. The lowest BCUT2D eigenvalue weighted by Crippen LogP contribution is -2.34. The number of aryl methyl sites for hydroxylation is 1. The number of halogens is 1. The molecule has 1 N–H and O–H groups in total. The first-order chi connectivity index (χ1) is 19.0. The molecule has 1 unspecified atom stereocenters. The van der Waals surface area contributed by atoms with E-state index < -0.39 is 17.2 Å². The van der Waals surface area contributed by atoms with Crippen molar-refractivity contribution in [2.24, 2.45) is 0 Å². The Morgan fingerprint density at radius 1 is 1.23 bits per heavy atom. The van der Waals surface area contributed by atoms with Crippen LogP contribution in [0, 0.1) is 5.82 Å². The van der Waals surface area contributed by atoms with Crippen LogP contribution in [-0.4, -0.2) is 57.1 Å². The average Bonchev–Trinajstić information content (AvgIpc) is 3.53. The van der Waals surface area contributed by atoms with Gasteiger partial charge >= 0.3 is 0 Å². The third kappa shape index (κ3) is 5.04. The summed E-state index contributed by atoms with van der Waals surface area (Å²) in [6.07, 6.45) is 8.72. The lowest BCUT2D eigenvalue weighted by Gasteiger charge is -2.19. The Kier molecular flexibility index (Phi) is 7.33. The van der Waals surface area contributed by atoms with E-state index in [2.05, 4.69) is 27.2 Å². The van der Waals surface area contributed by atoms with Gasteiger partial charge in [-0.15, -0.1) is 23.1 Å². The number of thioether (sulfide) groups is 1. The van der Waals surface area contributed by atoms with Crippen LogP contribution in [0.1, 0.15) is 35.3 Å². The number of nitrogens with one attached hydrogen (secondary N) is 1. The summed E-state index contributed by atoms with van der Waals surface area (Å²) in [5, 5.41) is 3.18. The highest BCUT2D eigenvalue weighted by molar-refractivity contribution is 7.99. The minimum absolute atomic E-state index is 0.0749. The molecule has 0 saturated carbocycles. The lowest BCUT2D eigenvalue weighted by molar-refractivity contribution is 0.0951. The first-order valence-corrected chi connectivity index (χ1v) is 14.9. The average molecular weight is 562 g/mol. The van der Waals surface area contributed by atoms with E-state index in [0.717, 1.165) is 41.7 Å². The number of nitrogens with zero attached hydrogens (tertiary/aromatic N) is 4. The second-order valence-electron chi connectivity index (χ2n) is 9.83. The van der Waals surface area contributed by atoms with Gasteiger partial charge in [0.05, 0.1) is 21.4 Å². The van der Waals surface area contributed by atoms with Gasteiger partial charge in [-0.1, -0.05) is 12.1 Å². The Labute approximate surface area is 233 Å². The van der Waals surface area contributed by atoms with Gasteiger partial charge in [0.1, 0.15) is 16.2 Å². The van der Waals surface area contributed by atoms with Gasteiger partial charge in [-0.05, 0) is 57.1 Å². The van der Waals surface area contributed by atoms with Crippen molar-refractivity contribution in [3.05, 3.63) is 82.3 Å². The zero-order valence-electron chi connectivity index (χ0n) is 21.5. The van der Waals surface area contributed by atoms with Crippen LogP contribution >= 0.6 is 23.1 Å². The van der Waals surface area contributed by atoms with E-state index in [4.69, 9.17) is 0 Å². The van der Waals surface area contributed by atoms with Gasteiger partial charge in [-0.25, -0.2) is 4.39 Å². The molecule has 200 valence electrons. The maximum Gasteiger partial charge on any atom is 0.258 e. The molecule has 1 amide bonds. The van der Waals surface area contributed by atoms with Crippen LogP contribution in [0.4, 0.5) is 4.39 Å². The van der Waals surface area contributed by atoms with Crippen molar-refractivity contribution in [2.75, 3.05) is 25.9 Å². The Morgan fingerprint density at radius 3 is 2.90 bits per heavy atom. The normalized spacial score (nSPS) is 16.0.